The Balaban J connectivity index is 1.80. The van der Waals surface area contributed by atoms with E-state index in [4.69, 9.17) is 9.47 Å². The molecule has 2 fully saturated rings. The molecule has 1 aromatic carbocycles. The highest BCUT2D eigenvalue weighted by Crippen LogP contribution is 2.29. The second-order valence-electron chi connectivity index (χ2n) is 5.15. The van der Waals surface area contributed by atoms with E-state index in [1.54, 1.807) is 7.11 Å². The fourth-order valence-electron chi connectivity index (χ4n) is 2.89. The molecule has 2 saturated heterocycles. The number of amides is 1. The summed E-state index contributed by atoms with van der Waals surface area (Å²) in [7, 11) is 3.70. The summed E-state index contributed by atoms with van der Waals surface area (Å²) in [6.07, 6.45) is -0.207. The quantitative estimate of drug-likeness (QED) is 0.824. The largest absolute Gasteiger partial charge is 0.496 e. The lowest BCUT2D eigenvalue weighted by molar-refractivity contribution is 0.124. The van der Waals surface area contributed by atoms with Gasteiger partial charge in [-0.15, -0.1) is 0 Å². The van der Waals surface area contributed by atoms with Crippen LogP contribution in [0.15, 0.2) is 24.3 Å². The summed E-state index contributed by atoms with van der Waals surface area (Å²) in [5.41, 5.74) is 1.01. The maximum absolute atomic E-state index is 11.9. The highest BCUT2D eigenvalue weighted by molar-refractivity contribution is 5.71. The summed E-state index contributed by atoms with van der Waals surface area (Å²) in [6.45, 7) is 2.22. The average molecular weight is 262 g/mol. The molecule has 0 N–H and O–H groups in total. The number of fused-ring (bicyclic) bond motifs is 1. The molecule has 2 atom stereocenters. The summed E-state index contributed by atoms with van der Waals surface area (Å²) < 4.78 is 10.8. The molecule has 0 saturated carbocycles. The fourth-order valence-corrected chi connectivity index (χ4v) is 2.89. The zero-order chi connectivity index (χ0) is 13.4. The van der Waals surface area contributed by atoms with Crippen molar-refractivity contribution < 1.29 is 14.3 Å². The van der Waals surface area contributed by atoms with Gasteiger partial charge in [-0.2, -0.15) is 0 Å². The first-order valence-electron chi connectivity index (χ1n) is 6.46. The van der Waals surface area contributed by atoms with Crippen LogP contribution in [0, 0.1) is 0 Å². The topological polar surface area (TPSA) is 42.0 Å². The van der Waals surface area contributed by atoms with E-state index in [2.05, 4.69) is 4.90 Å². The van der Waals surface area contributed by atoms with Crippen molar-refractivity contribution in [1.82, 2.24) is 9.80 Å². The van der Waals surface area contributed by atoms with Gasteiger partial charge in [-0.25, -0.2) is 4.79 Å². The van der Waals surface area contributed by atoms with Crippen LogP contribution < -0.4 is 4.74 Å². The van der Waals surface area contributed by atoms with Crippen LogP contribution in [0.25, 0.3) is 0 Å². The number of methoxy groups -OCH3 is 1. The van der Waals surface area contributed by atoms with Crippen LogP contribution >= 0.6 is 0 Å². The number of benzene rings is 1. The highest BCUT2D eigenvalue weighted by atomic mass is 16.6. The Morgan fingerprint density at radius 3 is 2.95 bits per heavy atom. The van der Waals surface area contributed by atoms with Crippen molar-refractivity contribution in [2.75, 3.05) is 27.2 Å². The Bertz CT molecular complexity index is 491. The molecule has 0 bridgehead atoms. The standard InChI is InChI=1S/C14H18N2O3/c1-15-8-11-13(9-15)19-14(17)16(11)7-10-5-3-4-6-12(10)18-2/h3-6,11,13H,7-9H2,1-2H3/t11-,13+/m1/s1. The molecule has 1 amide bonds. The Morgan fingerprint density at radius 1 is 1.37 bits per heavy atom. The number of rotatable bonds is 3. The van der Waals surface area contributed by atoms with Gasteiger partial charge in [-0.05, 0) is 13.1 Å². The molecule has 2 heterocycles. The minimum atomic E-state index is -0.214. The summed E-state index contributed by atoms with van der Waals surface area (Å²) in [5, 5.41) is 0. The van der Waals surface area contributed by atoms with Crippen LogP contribution in [-0.4, -0.2) is 55.3 Å². The molecule has 0 spiro atoms. The maximum Gasteiger partial charge on any atom is 0.410 e. The smallest absolute Gasteiger partial charge is 0.410 e. The number of nitrogens with zero attached hydrogens (tertiary/aromatic N) is 2. The van der Waals surface area contributed by atoms with E-state index < -0.39 is 0 Å². The van der Waals surface area contributed by atoms with Crippen molar-refractivity contribution in [3.63, 3.8) is 0 Å². The van der Waals surface area contributed by atoms with Crippen LogP contribution in [-0.2, 0) is 11.3 Å². The lowest BCUT2D eigenvalue weighted by Crippen LogP contribution is -2.37. The number of ether oxygens (including phenoxy) is 2. The van der Waals surface area contributed by atoms with Gasteiger partial charge >= 0.3 is 6.09 Å². The normalized spacial score (nSPS) is 26.4. The second-order valence-corrected chi connectivity index (χ2v) is 5.15. The van der Waals surface area contributed by atoms with E-state index in [0.29, 0.717) is 6.54 Å². The van der Waals surface area contributed by atoms with E-state index in [0.717, 1.165) is 24.4 Å². The van der Waals surface area contributed by atoms with Gasteiger partial charge in [0.15, 0.2) is 0 Å². The van der Waals surface area contributed by atoms with Crippen LogP contribution in [0.5, 0.6) is 5.75 Å². The predicted octanol–water partition coefficient (Wildman–Crippen LogP) is 1.33. The summed E-state index contributed by atoms with van der Waals surface area (Å²) >= 11 is 0. The average Bonchev–Trinajstić information content (AvgIpc) is 2.88. The van der Waals surface area contributed by atoms with Crippen molar-refractivity contribution in [3.8, 4) is 5.75 Å². The molecule has 0 radical (unpaired) electrons. The van der Waals surface area contributed by atoms with Crippen LogP contribution in [0.2, 0.25) is 0 Å². The molecule has 0 unspecified atom stereocenters. The molecule has 0 aliphatic carbocycles. The first-order valence-corrected chi connectivity index (χ1v) is 6.46. The molecular weight excluding hydrogens is 244 g/mol. The van der Waals surface area contributed by atoms with E-state index >= 15 is 0 Å². The lowest BCUT2D eigenvalue weighted by atomic mass is 10.1. The minimum absolute atomic E-state index is 0.00667. The van der Waals surface area contributed by atoms with Crippen LogP contribution in [0.4, 0.5) is 4.79 Å². The number of carbonyl (C=O) groups excluding carboxylic acids is 1. The van der Waals surface area contributed by atoms with Gasteiger partial charge in [0.2, 0.25) is 0 Å². The second kappa shape index (κ2) is 4.74. The minimum Gasteiger partial charge on any atom is -0.496 e. The third-order valence-corrected chi connectivity index (χ3v) is 3.84. The van der Waals surface area contributed by atoms with E-state index in [-0.39, 0.29) is 18.2 Å². The van der Waals surface area contributed by atoms with Crippen molar-refractivity contribution in [3.05, 3.63) is 29.8 Å². The maximum atomic E-state index is 11.9. The lowest BCUT2D eigenvalue weighted by Gasteiger charge is -2.21. The molecule has 3 rings (SSSR count). The SMILES string of the molecule is COc1ccccc1CN1C(=O)O[C@H]2CN(C)C[C@H]21. The Morgan fingerprint density at radius 2 is 2.16 bits per heavy atom. The third kappa shape index (κ3) is 2.14. The van der Waals surface area contributed by atoms with E-state index in [1.807, 2.05) is 36.2 Å². The van der Waals surface area contributed by atoms with Gasteiger partial charge in [0, 0.05) is 18.7 Å². The van der Waals surface area contributed by atoms with Gasteiger partial charge in [0.25, 0.3) is 0 Å². The number of likely N-dealkylation sites (tertiary alicyclic amines) is 1. The predicted molar refractivity (Wildman–Crippen MR) is 70.1 cm³/mol. The van der Waals surface area contributed by atoms with Gasteiger partial charge in [-0.1, -0.05) is 18.2 Å². The Hall–Kier alpha value is -1.75. The zero-order valence-corrected chi connectivity index (χ0v) is 11.2. The number of para-hydroxylation sites is 1. The number of likely N-dealkylation sites (N-methyl/N-ethyl adjacent to an activating group) is 1. The van der Waals surface area contributed by atoms with E-state index in [1.165, 1.54) is 0 Å². The first kappa shape index (κ1) is 12.3. The third-order valence-electron chi connectivity index (χ3n) is 3.84. The molecule has 5 nitrogen and oxygen atoms in total. The van der Waals surface area contributed by atoms with Gasteiger partial charge in [-0.3, -0.25) is 4.90 Å². The summed E-state index contributed by atoms with van der Waals surface area (Å²) in [5.74, 6) is 0.810. The Kier molecular flexibility index (Phi) is 3.06. The number of hydrogen-bond acceptors (Lipinski definition) is 4. The van der Waals surface area contributed by atoms with Gasteiger partial charge in [0.05, 0.1) is 19.7 Å². The van der Waals surface area contributed by atoms with Crippen molar-refractivity contribution in [2.45, 2.75) is 18.7 Å². The zero-order valence-electron chi connectivity index (χ0n) is 11.2. The van der Waals surface area contributed by atoms with Crippen molar-refractivity contribution in [1.29, 1.82) is 0 Å². The van der Waals surface area contributed by atoms with Crippen molar-refractivity contribution in [2.24, 2.45) is 0 Å². The summed E-state index contributed by atoms with van der Waals surface area (Å²) in [4.78, 5) is 15.9. The van der Waals surface area contributed by atoms with Gasteiger partial charge < -0.3 is 14.4 Å². The monoisotopic (exact) mass is 262 g/mol. The molecule has 1 aromatic rings. The first-order chi connectivity index (χ1) is 9.19. The highest BCUT2D eigenvalue weighted by Gasteiger charge is 2.46. The summed E-state index contributed by atoms with van der Waals surface area (Å²) in [6, 6.07) is 7.93. The van der Waals surface area contributed by atoms with Crippen LogP contribution in [0.3, 0.4) is 0 Å². The molecule has 19 heavy (non-hydrogen) atoms. The van der Waals surface area contributed by atoms with Crippen molar-refractivity contribution >= 4 is 6.09 Å². The molecule has 102 valence electrons. The number of hydrogen-bond donors (Lipinski definition) is 0. The van der Waals surface area contributed by atoms with Gasteiger partial charge in [0.1, 0.15) is 11.9 Å². The number of carbonyl (C=O) groups is 1. The Labute approximate surface area is 112 Å². The molecule has 0 aromatic heterocycles. The molecule has 5 heteroatoms. The molecule has 2 aliphatic heterocycles. The molecule has 2 aliphatic rings. The van der Waals surface area contributed by atoms with Crippen LogP contribution in [0.1, 0.15) is 5.56 Å². The molecular formula is C14H18N2O3. The fraction of sp³-hybridized carbons (Fsp3) is 0.500. The van der Waals surface area contributed by atoms with E-state index in [9.17, 15) is 4.79 Å².